The molecule has 3 rings (SSSR count). The van der Waals surface area contributed by atoms with E-state index in [9.17, 15) is 8.42 Å². The summed E-state index contributed by atoms with van der Waals surface area (Å²) in [6, 6.07) is 15.7. The van der Waals surface area contributed by atoms with E-state index in [0.717, 1.165) is 31.6 Å². The Bertz CT molecular complexity index is 829. The molecule has 1 aliphatic rings. The molecule has 0 aromatic heterocycles. The standard InChI is InChI=1S/C20H26N2O3S/c1-3-17-9-10-19(25-2)20(15-17)26(23,24)22-13-11-21(12-14-22)16-18-7-5-4-6-8-18/h4-10,15H,3,11-14,16H2,1-2H3. The molecule has 0 bridgehead atoms. The van der Waals surface area contributed by atoms with Crippen LogP contribution >= 0.6 is 0 Å². The predicted molar refractivity (Wildman–Crippen MR) is 103 cm³/mol. The van der Waals surface area contributed by atoms with E-state index in [1.54, 1.807) is 16.4 Å². The zero-order valence-corrected chi connectivity index (χ0v) is 16.2. The van der Waals surface area contributed by atoms with Gasteiger partial charge in [0.15, 0.2) is 0 Å². The summed E-state index contributed by atoms with van der Waals surface area (Å²) in [5.74, 6) is 0.411. The first kappa shape index (κ1) is 18.9. The van der Waals surface area contributed by atoms with E-state index in [1.165, 1.54) is 12.7 Å². The molecule has 0 radical (unpaired) electrons. The second kappa shape index (κ2) is 8.20. The molecule has 1 heterocycles. The Balaban J connectivity index is 1.72. The van der Waals surface area contributed by atoms with Crippen molar-refractivity contribution in [2.75, 3.05) is 33.3 Å². The zero-order chi connectivity index (χ0) is 18.6. The summed E-state index contributed by atoms with van der Waals surface area (Å²) < 4.78 is 33.1. The van der Waals surface area contributed by atoms with Gasteiger partial charge in [-0.25, -0.2) is 8.42 Å². The summed E-state index contributed by atoms with van der Waals surface area (Å²) >= 11 is 0. The molecule has 2 aromatic carbocycles. The van der Waals surface area contributed by atoms with Gasteiger partial charge in [-0.2, -0.15) is 4.31 Å². The molecule has 1 aliphatic heterocycles. The number of piperazine rings is 1. The topological polar surface area (TPSA) is 49.9 Å². The highest BCUT2D eigenvalue weighted by molar-refractivity contribution is 7.89. The number of ether oxygens (including phenoxy) is 1. The van der Waals surface area contributed by atoms with Crippen molar-refractivity contribution in [2.24, 2.45) is 0 Å². The molecule has 6 heteroatoms. The Labute approximate surface area is 156 Å². The zero-order valence-electron chi connectivity index (χ0n) is 15.4. The maximum atomic E-state index is 13.1. The van der Waals surface area contributed by atoms with Crippen LogP contribution in [0.1, 0.15) is 18.1 Å². The largest absolute Gasteiger partial charge is 0.495 e. The molecule has 0 atom stereocenters. The van der Waals surface area contributed by atoms with Gasteiger partial charge < -0.3 is 4.74 Å². The summed E-state index contributed by atoms with van der Waals surface area (Å²) in [7, 11) is -2.04. The van der Waals surface area contributed by atoms with E-state index < -0.39 is 10.0 Å². The fraction of sp³-hybridized carbons (Fsp3) is 0.400. The molecule has 0 N–H and O–H groups in total. The van der Waals surface area contributed by atoms with E-state index in [4.69, 9.17) is 4.74 Å². The number of aryl methyl sites for hydroxylation is 1. The van der Waals surface area contributed by atoms with Crippen LogP contribution in [0.2, 0.25) is 0 Å². The lowest BCUT2D eigenvalue weighted by Crippen LogP contribution is -2.48. The van der Waals surface area contributed by atoms with Crippen molar-refractivity contribution in [3.63, 3.8) is 0 Å². The highest BCUT2D eigenvalue weighted by Crippen LogP contribution is 2.28. The van der Waals surface area contributed by atoms with Gasteiger partial charge in [0.1, 0.15) is 10.6 Å². The van der Waals surface area contributed by atoms with Crippen molar-refractivity contribution < 1.29 is 13.2 Å². The SMILES string of the molecule is CCc1ccc(OC)c(S(=O)(=O)N2CCN(Cc3ccccc3)CC2)c1. The van der Waals surface area contributed by atoms with Gasteiger partial charge in [0.05, 0.1) is 7.11 Å². The van der Waals surface area contributed by atoms with Crippen LogP contribution in [0.4, 0.5) is 0 Å². The van der Waals surface area contributed by atoms with Crippen LogP contribution in [0.3, 0.4) is 0 Å². The van der Waals surface area contributed by atoms with Gasteiger partial charge in [0.2, 0.25) is 10.0 Å². The summed E-state index contributed by atoms with van der Waals surface area (Å²) in [5.41, 5.74) is 2.24. The Kier molecular flexibility index (Phi) is 5.96. The van der Waals surface area contributed by atoms with Crippen LogP contribution in [0.15, 0.2) is 53.4 Å². The van der Waals surface area contributed by atoms with Crippen molar-refractivity contribution in [2.45, 2.75) is 24.8 Å². The lowest BCUT2D eigenvalue weighted by Gasteiger charge is -2.34. The van der Waals surface area contributed by atoms with Gasteiger partial charge in [0, 0.05) is 32.7 Å². The number of rotatable bonds is 6. The molecule has 140 valence electrons. The van der Waals surface area contributed by atoms with E-state index in [0.29, 0.717) is 18.8 Å². The minimum absolute atomic E-state index is 0.274. The first-order valence-corrected chi connectivity index (χ1v) is 10.4. The lowest BCUT2D eigenvalue weighted by atomic mass is 10.2. The molecule has 0 saturated carbocycles. The number of benzene rings is 2. The predicted octanol–water partition coefficient (Wildman–Crippen LogP) is 2.76. The third-order valence-electron chi connectivity index (χ3n) is 4.83. The van der Waals surface area contributed by atoms with E-state index in [1.807, 2.05) is 31.2 Å². The van der Waals surface area contributed by atoms with Gasteiger partial charge in [-0.05, 0) is 29.7 Å². The summed E-state index contributed by atoms with van der Waals surface area (Å²) in [4.78, 5) is 2.57. The quantitative estimate of drug-likeness (QED) is 0.780. The second-order valence-corrected chi connectivity index (χ2v) is 8.41. The maximum Gasteiger partial charge on any atom is 0.246 e. The number of hydrogen-bond donors (Lipinski definition) is 0. The van der Waals surface area contributed by atoms with Crippen LogP contribution in [0.5, 0.6) is 5.75 Å². The van der Waals surface area contributed by atoms with E-state index >= 15 is 0 Å². The third kappa shape index (κ3) is 4.09. The number of nitrogens with zero attached hydrogens (tertiary/aromatic N) is 2. The first-order chi connectivity index (χ1) is 12.5. The highest BCUT2D eigenvalue weighted by atomic mass is 32.2. The van der Waals surface area contributed by atoms with Gasteiger partial charge >= 0.3 is 0 Å². The number of methoxy groups -OCH3 is 1. The third-order valence-corrected chi connectivity index (χ3v) is 6.75. The van der Waals surface area contributed by atoms with Crippen LogP contribution in [0, 0.1) is 0 Å². The van der Waals surface area contributed by atoms with Crippen LogP contribution in [-0.2, 0) is 23.0 Å². The maximum absolute atomic E-state index is 13.1. The summed E-state index contributed by atoms with van der Waals surface area (Å²) in [5, 5.41) is 0. The molecule has 0 aliphatic carbocycles. The molecular weight excluding hydrogens is 348 g/mol. The van der Waals surface area contributed by atoms with Crippen molar-refractivity contribution in [3.8, 4) is 5.75 Å². The average molecular weight is 375 g/mol. The van der Waals surface area contributed by atoms with Crippen LogP contribution < -0.4 is 4.74 Å². The van der Waals surface area contributed by atoms with Gasteiger partial charge in [0.25, 0.3) is 0 Å². The summed E-state index contributed by atoms with van der Waals surface area (Å²) in [6.07, 6.45) is 0.789. The highest BCUT2D eigenvalue weighted by Gasteiger charge is 2.31. The van der Waals surface area contributed by atoms with Crippen molar-refractivity contribution in [1.29, 1.82) is 0 Å². The molecule has 0 spiro atoms. The minimum atomic E-state index is -3.55. The molecule has 1 fully saturated rings. The molecule has 26 heavy (non-hydrogen) atoms. The Hall–Kier alpha value is -1.89. The van der Waals surface area contributed by atoms with Crippen LogP contribution in [0.25, 0.3) is 0 Å². The molecule has 2 aromatic rings. The molecule has 1 saturated heterocycles. The lowest BCUT2D eigenvalue weighted by molar-refractivity contribution is 0.181. The number of hydrogen-bond acceptors (Lipinski definition) is 4. The molecule has 0 amide bonds. The molecule has 5 nitrogen and oxygen atoms in total. The van der Waals surface area contributed by atoms with E-state index in [2.05, 4.69) is 17.0 Å². The fourth-order valence-corrected chi connectivity index (χ4v) is 4.88. The molecule has 0 unspecified atom stereocenters. The van der Waals surface area contributed by atoms with Crippen molar-refractivity contribution in [1.82, 2.24) is 9.21 Å². The average Bonchev–Trinajstić information content (AvgIpc) is 2.68. The second-order valence-electron chi connectivity index (χ2n) is 6.50. The smallest absolute Gasteiger partial charge is 0.246 e. The van der Waals surface area contributed by atoms with Crippen LogP contribution in [-0.4, -0.2) is 50.9 Å². The molecular formula is C20H26N2O3S. The monoisotopic (exact) mass is 374 g/mol. The van der Waals surface area contributed by atoms with E-state index in [-0.39, 0.29) is 4.90 Å². The first-order valence-electron chi connectivity index (χ1n) is 8.98. The Morgan fingerprint density at radius 1 is 0.962 bits per heavy atom. The van der Waals surface area contributed by atoms with Gasteiger partial charge in [-0.1, -0.05) is 43.3 Å². The normalized spacial score (nSPS) is 16.5. The van der Waals surface area contributed by atoms with Gasteiger partial charge in [-0.15, -0.1) is 0 Å². The number of sulfonamides is 1. The summed E-state index contributed by atoms with van der Waals surface area (Å²) in [6.45, 7) is 5.31. The fourth-order valence-electron chi connectivity index (χ4n) is 3.25. The Morgan fingerprint density at radius 2 is 1.65 bits per heavy atom. The van der Waals surface area contributed by atoms with Crippen molar-refractivity contribution >= 4 is 10.0 Å². The van der Waals surface area contributed by atoms with Crippen molar-refractivity contribution in [3.05, 3.63) is 59.7 Å². The Morgan fingerprint density at radius 3 is 2.27 bits per heavy atom. The minimum Gasteiger partial charge on any atom is -0.495 e. The van der Waals surface area contributed by atoms with Gasteiger partial charge in [-0.3, -0.25) is 4.90 Å².